The van der Waals surface area contributed by atoms with E-state index in [1.165, 1.54) is 38.5 Å². The van der Waals surface area contributed by atoms with E-state index < -0.39 is 0 Å². The van der Waals surface area contributed by atoms with Crippen molar-refractivity contribution in [1.29, 1.82) is 0 Å². The summed E-state index contributed by atoms with van der Waals surface area (Å²) in [5, 5.41) is 2.96. The van der Waals surface area contributed by atoms with Crippen LogP contribution in [0, 0.1) is 5.41 Å². The van der Waals surface area contributed by atoms with Crippen molar-refractivity contribution in [2.45, 2.75) is 58.4 Å². The zero-order valence-corrected chi connectivity index (χ0v) is 10.0. The van der Waals surface area contributed by atoms with Gasteiger partial charge in [-0.05, 0) is 25.2 Å². The van der Waals surface area contributed by atoms with Crippen molar-refractivity contribution >= 4 is 5.91 Å². The van der Waals surface area contributed by atoms with Crippen LogP contribution in [0.1, 0.15) is 52.4 Å². The summed E-state index contributed by atoms with van der Waals surface area (Å²) in [5.41, 5.74) is 5.81. The first-order valence-corrected chi connectivity index (χ1v) is 6.07. The van der Waals surface area contributed by atoms with Gasteiger partial charge in [0.25, 0.3) is 0 Å². The molecule has 1 rings (SSSR count). The molecule has 0 saturated heterocycles. The van der Waals surface area contributed by atoms with Gasteiger partial charge in [-0.2, -0.15) is 0 Å². The molecule has 0 aromatic carbocycles. The maximum absolute atomic E-state index is 11.4. The molecule has 1 amide bonds. The molecule has 15 heavy (non-hydrogen) atoms. The van der Waals surface area contributed by atoms with Crippen molar-refractivity contribution in [2.75, 3.05) is 6.54 Å². The highest BCUT2D eigenvalue weighted by atomic mass is 16.2. The van der Waals surface area contributed by atoms with Crippen LogP contribution in [0.25, 0.3) is 0 Å². The lowest BCUT2D eigenvalue weighted by molar-refractivity contribution is -0.122. The zero-order chi connectivity index (χ0) is 11.3. The first-order chi connectivity index (χ1) is 7.03. The van der Waals surface area contributed by atoms with Crippen LogP contribution < -0.4 is 11.1 Å². The Morgan fingerprint density at radius 3 is 2.33 bits per heavy atom. The Morgan fingerprint density at radius 1 is 1.33 bits per heavy atom. The van der Waals surface area contributed by atoms with Crippen molar-refractivity contribution in [3.05, 3.63) is 0 Å². The van der Waals surface area contributed by atoms with Crippen LogP contribution in [0.15, 0.2) is 0 Å². The van der Waals surface area contributed by atoms with E-state index >= 15 is 0 Å². The Kier molecular flexibility index (Phi) is 4.58. The molecule has 1 unspecified atom stereocenters. The normalized spacial score (nSPS) is 22.9. The third-order valence-corrected chi connectivity index (χ3v) is 3.41. The van der Waals surface area contributed by atoms with Crippen LogP contribution in [0.5, 0.6) is 0 Å². The lowest BCUT2D eigenvalue weighted by Gasteiger charge is -2.28. The van der Waals surface area contributed by atoms with E-state index in [-0.39, 0.29) is 11.9 Å². The Balaban J connectivity index is 2.37. The second-order valence-electron chi connectivity index (χ2n) is 5.23. The lowest BCUT2D eigenvalue weighted by atomic mass is 9.82. The molecule has 0 bridgehead atoms. The monoisotopic (exact) mass is 212 g/mol. The van der Waals surface area contributed by atoms with E-state index in [2.05, 4.69) is 12.2 Å². The molecular formula is C12H24N2O. The van der Waals surface area contributed by atoms with Crippen molar-refractivity contribution in [3.8, 4) is 0 Å². The van der Waals surface area contributed by atoms with Gasteiger partial charge in [-0.3, -0.25) is 4.79 Å². The van der Waals surface area contributed by atoms with Crippen molar-refractivity contribution in [1.82, 2.24) is 5.32 Å². The molecule has 0 aromatic rings. The summed E-state index contributed by atoms with van der Waals surface area (Å²) >= 11 is 0. The fourth-order valence-corrected chi connectivity index (χ4v) is 2.22. The summed E-state index contributed by atoms with van der Waals surface area (Å²) < 4.78 is 0. The second kappa shape index (κ2) is 5.50. The smallest absolute Gasteiger partial charge is 0.236 e. The molecule has 0 spiro atoms. The van der Waals surface area contributed by atoms with Gasteiger partial charge in [0.1, 0.15) is 0 Å². The minimum atomic E-state index is -0.389. The van der Waals surface area contributed by atoms with Gasteiger partial charge in [-0.1, -0.05) is 32.6 Å². The number of carbonyl (C=O) groups is 1. The standard InChI is InChI=1S/C12H24N2O/c1-10(13)11(15)14-9-12(2)7-5-3-4-6-8-12/h10H,3-9,13H2,1-2H3,(H,14,15). The van der Waals surface area contributed by atoms with Gasteiger partial charge in [-0.15, -0.1) is 0 Å². The second-order valence-corrected chi connectivity index (χ2v) is 5.23. The van der Waals surface area contributed by atoms with E-state index in [1.807, 2.05) is 0 Å². The number of carbonyl (C=O) groups excluding carboxylic acids is 1. The Morgan fingerprint density at radius 2 is 1.87 bits per heavy atom. The van der Waals surface area contributed by atoms with E-state index in [0.717, 1.165) is 6.54 Å². The topological polar surface area (TPSA) is 55.1 Å². The largest absolute Gasteiger partial charge is 0.354 e. The average molecular weight is 212 g/mol. The number of nitrogens with two attached hydrogens (primary N) is 1. The van der Waals surface area contributed by atoms with E-state index in [1.54, 1.807) is 6.92 Å². The molecule has 3 nitrogen and oxygen atoms in total. The van der Waals surface area contributed by atoms with Crippen LogP contribution in [-0.4, -0.2) is 18.5 Å². The zero-order valence-electron chi connectivity index (χ0n) is 10.0. The number of nitrogens with one attached hydrogen (secondary N) is 1. The molecule has 1 saturated carbocycles. The summed E-state index contributed by atoms with van der Waals surface area (Å²) in [6.45, 7) is 4.79. The molecule has 1 aliphatic carbocycles. The maximum atomic E-state index is 11.4. The van der Waals surface area contributed by atoms with Crippen LogP contribution >= 0.6 is 0 Å². The third-order valence-electron chi connectivity index (χ3n) is 3.41. The van der Waals surface area contributed by atoms with Gasteiger partial charge >= 0.3 is 0 Å². The predicted molar refractivity (Wildman–Crippen MR) is 62.5 cm³/mol. The molecule has 3 heteroatoms. The maximum Gasteiger partial charge on any atom is 0.236 e. The predicted octanol–water partition coefficient (Wildman–Crippen LogP) is 1.81. The number of hydrogen-bond donors (Lipinski definition) is 2. The average Bonchev–Trinajstić information content (AvgIpc) is 2.40. The summed E-state index contributed by atoms with van der Waals surface area (Å²) in [7, 11) is 0. The molecule has 1 fully saturated rings. The molecule has 3 N–H and O–H groups in total. The quantitative estimate of drug-likeness (QED) is 0.701. The van der Waals surface area contributed by atoms with E-state index in [9.17, 15) is 4.79 Å². The fraction of sp³-hybridized carbons (Fsp3) is 0.917. The highest BCUT2D eigenvalue weighted by Crippen LogP contribution is 2.33. The first kappa shape index (κ1) is 12.5. The molecule has 0 heterocycles. The molecule has 1 aliphatic rings. The minimum Gasteiger partial charge on any atom is -0.354 e. The number of amides is 1. The number of hydrogen-bond acceptors (Lipinski definition) is 2. The van der Waals surface area contributed by atoms with Gasteiger partial charge in [0.2, 0.25) is 5.91 Å². The molecule has 1 atom stereocenters. The van der Waals surface area contributed by atoms with Gasteiger partial charge in [0, 0.05) is 6.54 Å². The van der Waals surface area contributed by atoms with Gasteiger partial charge in [0.15, 0.2) is 0 Å². The summed E-state index contributed by atoms with van der Waals surface area (Å²) in [5.74, 6) is -0.0273. The van der Waals surface area contributed by atoms with E-state index in [0.29, 0.717) is 5.41 Å². The Bertz CT molecular complexity index is 206. The third kappa shape index (κ3) is 4.20. The summed E-state index contributed by atoms with van der Waals surface area (Å²) in [4.78, 5) is 11.4. The Labute approximate surface area is 92.8 Å². The fourth-order valence-electron chi connectivity index (χ4n) is 2.22. The lowest BCUT2D eigenvalue weighted by Crippen LogP contribution is -2.43. The first-order valence-electron chi connectivity index (χ1n) is 6.07. The van der Waals surface area contributed by atoms with Gasteiger partial charge in [0.05, 0.1) is 6.04 Å². The van der Waals surface area contributed by atoms with Gasteiger partial charge < -0.3 is 11.1 Å². The van der Waals surface area contributed by atoms with Crippen LogP contribution in [0.2, 0.25) is 0 Å². The SMILES string of the molecule is CC(N)C(=O)NCC1(C)CCCCCC1. The summed E-state index contributed by atoms with van der Waals surface area (Å²) in [6.07, 6.45) is 7.74. The molecular weight excluding hydrogens is 188 g/mol. The molecule has 88 valence electrons. The molecule has 0 aliphatic heterocycles. The van der Waals surface area contributed by atoms with Crippen molar-refractivity contribution in [2.24, 2.45) is 11.1 Å². The van der Waals surface area contributed by atoms with Crippen LogP contribution in [-0.2, 0) is 4.79 Å². The Hall–Kier alpha value is -0.570. The minimum absolute atomic E-state index is 0.0273. The highest BCUT2D eigenvalue weighted by molar-refractivity contribution is 5.80. The molecule has 0 radical (unpaired) electrons. The number of rotatable bonds is 3. The highest BCUT2D eigenvalue weighted by Gasteiger charge is 2.26. The van der Waals surface area contributed by atoms with E-state index in [4.69, 9.17) is 5.73 Å². The van der Waals surface area contributed by atoms with Crippen molar-refractivity contribution < 1.29 is 4.79 Å². The van der Waals surface area contributed by atoms with Crippen molar-refractivity contribution in [3.63, 3.8) is 0 Å². The van der Waals surface area contributed by atoms with Crippen LogP contribution in [0.4, 0.5) is 0 Å². The van der Waals surface area contributed by atoms with Gasteiger partial charge in [-0.25, -0.2) is 0 Å². The van der Waals surface area contributed by atoms with Crippen LogP contribution in [0.3, 0.4) is 0 Å². The summed E-state index contributed by atoms with van der Waals surface area (Å²) in [6, 6.07) is -0.389. The molecule has 0 aromatic heterocycles.